The predicted molar refractivity (Wildman–Crippen MR) is 73.6 cm³/mol. The Kier molecular flexibility index (Phi) is 9.57. The largest absolute Gasteiger partial charge is 0.450 e. The number of esters is 1. The first kappa shape index (κ1) is 17.5. The first-order valence-corrected chi connectivity index (χ1v) is 6.74. The summed E-state index contributed by atoms with van der Waals surface area (Å²) in [6, 6.07) is 0. The summed E-state index contributed by atoms with van der Waals surface area (Å²) in [7, 11) is 1.52. The number of nitrogens with zero attached hydrogens (tertiary/aromatic N) is 1. The molecule has 0 atom stereocenters. The molecule has 5 heteroatoms. The van der Waals surface area contributed by atoms with Gasteiger partial charge in [-0.05, 0) is 26.7 Å². The Labute approximate surface area is 115 Å². The van der Waals surface area contributed by atoms with Crippen molar-refractivity contribution >= 4 is 12.1 Å². The van der Waals surface area contributed by atoms with E-state index in [0.717, 1.165) is 25.7 Å². The molecule has 19 heavy (non-hydrogen) atoms. The Morgan fingerprint density at radius 3 is 2.42 bits per heavy atom. The number of allylic oxidation sites excluding steroid dienone is 1. The van der Waals surface area contributed by atoms with Gasteiger partial charge in [-0.15, -0.1) is 0 Å². The van der Waals surface area contributed by atoms with E-state index in [1.54, 1.807) is 13.8 Å². The topological polar surface area (TPSA) is 55.8 Å². The first-order chi connectivity index (χ1) is 9.02. The molecule has 0 fully saturated rings. The minimum absolute atomic E-state index is 0.0994. The van der Waals surface area contributed by atoms with Gasteiger partial charge in [0.05, 0.1) is 6.61 Å². The van der Waals surface area contributed by atoms with Gasteiger partial charge in [-0.2, -0.15) is 0 Å². The summed E-state index contributed by atoms with van der Waals surface area (Å²) in [5.41, 5.74) is 0.577. The van der Waals surface area contributed by atoms with Crippen LogP contribution in [0.2, 0.25) is 0 Å². The van der Waals surface area contributed by atoms with Crippen molar-refractivity contribution < 1.29 is 19.1 Å². The van der Waals surface area contributed by atoms with Crippen LogP contribution in [0.15, 0.2) is 11.6 Å². The van der Waals surface area contributed by atoms with Crippen LogP contribution < -0.4 is 0 Å². The van der Waals surface area contributed by atoms with Crippen LogP contribution >= 0.6 is 0 Å². The van der Waals surface area contributed by atoms with Gasteiger partial charge in [-0.3, -0.25) is 4.90 Å². The van der Waals surface area contributed by atoms with Crippen LogP contribution in [0.1, 0.15) is 46.5 Å². The van der Waals surface area contributed by atoms with Gasteiger partial charge in [-0.1, -0.05) is 25.8 Å². The molecule has 0 N–H and O–H groups in total. The SMILES string of the molecule is CCCCCC=C(C)C(=O)OCN(C)C(=O)OCC. The highest BCUT2D eigenvalue weighted by Gasteiger charge is 2.12. The molecule has 0 radical (unpaired) electrons. The summed E-state index contributed by atoms with van der Waals surface area (Å²) >= 11 is 0. The van der Waals surface area contributed by atoms with Crippen molar-refractivity contribution in [2.45, 2.75) is 46.5 Å². The van der Waals surface area contributed by atoms with Gasteiger partial charge in [0.25, 0.3) is 0 Å². The highest BCUT2D eigenvalue weighted by Crippen LogP contribution is 2.05. The molecule has 0 bridgehead atoms. The number of carbonyl (C=O) groups excluding carboxylic acids is 2. The van der Waals surface area contributed by atoms with E-state index in [0.29, 0.717) is 12.2 Å². The standard InChI is InChI=1S/C14H25NO4/c1-5-7-8-9-10-12(3)13(16)19-11-15(4)14(17)18-6-2/h10H,5-9,11H2,1-4H3. The van der Waals surface area contributed by atoms with Crippen molar-refractivity contribution in [1.29, 1.82) is 0 Å². The highest BCUT2D eigenvalue weighted by molar-refractivity contribution is 5.87. The molecule has 1 amide bonds. The molecule has 0 aromatic heterocycles. The Hall–Kier alpha value is -1.52. The quantitative estimate of drug-likeness (QED) is 0.294. The lowest BCUT2D eigenvalue weighted by Crippen LogP contribution is -2.31. The fraction of sp³-hybridized carbons (Fsp3) is 0.714. The second-order valence-electron chi connectivity index (χ2n) is 4.34. The van der Waals surface area contributed by atoms with Crippen molar-refractivity contribution in [2.75, 3.05) is 20.4 Å². The molecule has 0 aliphatic rings. The Bertz CT molecular complexity index is 313. The summed E-state index contributed by atoms with van der Waals surface area (Å²) in [4.78, 5) is 24.1. The van der Waals surface area contributed by atoms with Crippen LogP contribution in [-0.4, -0.2) is 37.3 Å². The van der Waals surface area contributed by atoms with Gasteiger partial charge >= 0.3 is 12.1 Å². The minimum Gasteiger partial charge on any atom is -0.450 e. The predicted octanol–water partition coefficient (Wildman–Crippen LogP) is 3.10. The van der Waals surface area contributed by atoms with Crippen LogP contribution in [0.25, 0.3) is 0 Å². The maximum atomic E-state index is 11.6. The second kappa shape index (κ2) is 10.4. The zero-order valence-electron chi connectivity index (χ0n) is 12.4. The summed E-state index contributed by atoms with van der Waals surface area (Å²) < 4.78 is 9.78. The van der Waals surface area contributed by atoms with Gasteiger partial charge in [0.1, 0.15) is 0 Å². The molecule has 0 heterocycles. The Morgan fingerprint density at radius 1 is 1.16 bits per heavy atom. The van der Waals surface area contributed by atoms with Gasteiger partial charge in [0.2, 0.25) is 0 Å². The second-order valence-corrected chi connectivity index (χ2v) is 4.34. The van der Waals surface area contributed by atoms with E-state index in [2.05, 4.69) is 6.92 Å². The third-order valence-corrected chi connectivity index (χ3v) is 2.55. The zero-order chi connectivity index (χ0) is 14.7. The van der Waals surface area contributed by atoms with Crippen molar-refractivity contribution in [3.8, 4) is 0 Å². The lowest BCUT2D eigenvalue weighted by molar-refractivity contribution is -0.142. The molecule has 0 unspecified atom stereocenters. The number of hydrogen-bond acceptors (Lipinski definition) is 4. The molecule has 0 aliphatic heterocycles. The average molecular weight is 271 g/mol. The molecule has 0 aromatic carbocycles. The lowest BCUT2D eigenvalue weighted by atomic mass is 10.1. The molecule has 0 aromatic rings. The molecule has 0 aliphatic carbocycles. The molecular weight excluding hydrogens is 246 g/mol. The highest BCUT2D eigenvalue weighted by atomic mass is 16.6. The third-order valence-electron chi connectivity index (χ3n) is 2.55. The fourth-order valence-electron chi connectivity index (χ4n) is 1.35. The summed E-state index contributed by atoms with van der Waals surface area (Å²) in [6.45, 7) is 5.78. The van der Waals surface area contributed by atoms with E-state index < -0.39 is 12.1 Å². The van der Waals surface area contributed by atoms with Crippen molar-refractivity contribution in [3.05, 3.63) is 11.6 Å². The average Bonchev–Trinajstić information content (AvgIpc) is 2.40. The van der Waals surface area contributed by atoms with Gasteiger partial charge in [-0.25, -0.2) is 9.59 Å². The Morgan fingerprint density at radius 2 is 1.84 bits per heavy atom. The summed E-state index contributed by atoms with van der Waals surface area (Å²) in [5, 5.41) is 0. The molecule has 5 nitrogen and oxygen atoms in total. The number of unbranched alkanes of at least 4 members (excludes halogenated alkanes) is 3. The molecule has 0 saturated heterocycles. The maximum Gasteiger partial charge on any atom is 0.412 e. The van der Waals surface area contributed by atoms with Crippen LogP contribution in [0.3, 0.4) is 0 Å². The summed E-state index contributed by atoms with van der Waals surface area (Å²) in [5.74, 6) is -0.396. The molecule has 0 rings (SSSR count). The lowest BCUT2D eigenvalue weighted by Gasteiger charge is -2.16. The molecule has 110 valence electrons. The Balaban J connectivity index is 3.99. The molecule has 0 spiro atoms. The normalized spacial score (nSPS) is 11.1. The van der Waals surface area contributed by atoms with Crippen molar-refractivity contribution in [3.63, 3.8) is 0 Å². The van der Waals surface area contributed by atoms with E-state index in [1.807, 2.05) is 6.08 Å². The van der Waals surface area contributed by atoms with Crippen LogP contribution in [-0.2, 0) is 14.3 Å². The number of carbonyl (C=O) groups is 2. The van der Waals surface area contributed by atoms with E-state index in [9.17, 15) is 9.59 Å². The van der Waals surface area contributed by atoms with Crippen LogP contribution in [0.4, 0.5) is 4.79 Å². The monoisotopic (exact) mass is 271 g/mol. The minimum atomic E-state index is -0.500. The van der Waals surface area contributed by atoms with E-state index in [1.165, 1.54) is 11.9 Å². The number of hydrogen-bond donors (Lipinski definition) is 0. The molecule has 0 saturated carbocycles. The van der Waals surface area contributed by atoms with E-state index >= 15 is 0 Å². The van der Waals surface area contributed by atoms with Crippen molar-refractivity contribution in [2.24, 2.45) is 0 Å². The fourth-order valence-corrected chi connectivity index (χ4v) is 1.35. The zero-order valence-corrected chi connectivity index (χ0v) is 12.4. The smallest absolute Gasteiger partial charge is 0.412 e. The van der Waals surface area contributed by atoms with Crippen molar-refractivity contribution in [1.82, 2.24) is 4.90 Å². The van der Waals surface area contributed by atoms with E-state index in [4.69, 9.17) is 9.47 Å². The van der Waals surface area contributed by atoms with Gasteiger partial charge in [0, 0.05) is 12.6 Å². The first-order valence-electron chi connectivity index (χ1n) is 6.74. The van der Waals surface area contributed by atoms with Gasteiger partial charge < -0.3 is 9.47 Å². The maximum absolute atomic E-state index is 11.6. The van der Waals surface area contributed by atoms with Crippen LogP contribution in [0, 0.1) is 0 Å². The summed E-state index contributed by atoms with van der Waals surface area (Å²) in [6.07, 6.45) is 5.64. The number of ether oxygens (including phenoxy) is 2. The third kappa shape index (κ3) is 8.24. The number of rotatable bonds is 8. The van der Waals surface area contributed by atoms with Gasteiger partial charge in [0.15, 0.2) is 6.73 Å². The van der Waals surface area contributed by atoms with E-state index in [-0.39, 0.29) is 6.73 Å². The van der Waals surface area contributed by atoms with Crippen LogP contribution in [0.5, 0.6) is 0 Å². The molecular formula is C14H25NO4. The number of amides is 1.